The van der Waals surface area contributed by atoms with Crippen molar-refractivity contribution < 1.29 is 13.3 Å². The van der Waals surface area contributed by atoms with E-state index < -0.39 is 0 Å². The maximum atomic E-state index is 5.66. The lowest BCUT2D eigenvalue weighted by molar-refractivity contribution is -0.109. The fourth-order valence-corrected chi connectivity index (χ4v) is 2.70. The van der Waals surface area contributed by atoms with Gasteiger partial charge in [0.05, 0.1) is 17.4 Å². The molecule has 0 spiro atoms. The molecule has 0 bridgehead atoms. The molecule has 0 fully saturated rings. The van der Waals surface area contributed by atoms with Crippen LogP contribution in [0.5, 0.6) is 0 Å². The molecule has 127 valence electrons. The van der Waals surface area contributed by atoms with E-state index in [4.69, 9.17) is 8.54 Å². The number of methoxy groups -OCH3 is 1. The zero-order chi connectivity index (χ0) is 17.7. The molecule has 4 heteroatoms. The molecule has 1 aromatic rings. The maximum absolute atomic E-state index is 5.66. The van der Waals surface area contributed by atoms with Gasteiger partial charge in [-0.3, -0.25) is 0 Å². The summed E-state index contributed by atoms with van der Waals surface area (Å²) in [6.45, 7) is 13.1. The van der Waals surface area contributed by atoms with Crippen molar-refractivity contribution in [3.8, 4) is 0 Å². The summed E-state index contributed by atoms with van der Waals surface area (Å²) < 4.78 is 15.5. The number of allylic oxidation sites excluding steroid dienone is 2. The summed E-state index contributed by atoms with van der Waals surface area (Å²) in [6, 6.07) is 8.61. The van der Waals surface area contributed by atoms with Crippen molar-refractivity contribution >= 4 is 15.8 Å². The van der Waals surface area contributed by atoms with E-state index in [2.05, 4.69) is 70.5 Å². The third-order valence-electron chi connectivity index (χ3n) is 3.34. The first-order valence-corrected chi connectivity index (χ1v) is 8.60. The molecule has 2 rings (SSSR count). The van der Waals surface area contributed by atoms with Crippen LogP contribution >= 0.6 is 0 Å². The molecule has 1 heterocycles. The summed E-state index contributed by atoms with van der Waals surface area (Å²) in [5, 5.41) is 0. The lowest BCUT2D eigenvalue weighted by Gasteiger charge is -2.27. The summed E-state index contributed by atoms with van der Waals surface area (Å²) in [5.41, 5.74) is 2.62. The summed E-state index contributed by atoms with van der Waals surface area (Å²) in [5.74, 6) is 1.89. The van der Waals surface area contributed by atoms with E-state index in [9.17, 15) is 0 Å². The van der Waals surface area contributed by atoms with Crippen molar-refractivity contribution in [2.24, 2.45) is 5.41 Å². The average molecular weight is 334 g/mol. The minimum absolute atomic E-state index is 0.00732. The van der Waals surface area contributed by atoms with Gasteiger partial charge in [-0.05, 0) is 23.1 Å². The van der Waals surface area contributed by atoms with Crippen LogP contribution in [0.1, 0.15) is 56.8 Å². The Hall–Kier alpha value is -1.39. The zero-order valence-corrected chi connectivity index (χ0v) is 16.6. The highest BCUT2D eigenvalue weighted by Gasteiger charge is 2.24. The highest BCUT2D eigenvalue weighted by Crippen LogP contribution is 2.28. The second-order valence-corrected chi connectivity index (χ2v) is 8.22. The number of ketones is 1. The topological polar surface area (TPSA) is 29.8 Å². The number of ether oxygens (including phenoxy) is 1. The monoisotopic (exact) mass is 333 g/mol. The number of rotatable bonds is 1. The minimum atomic E-state index is 0.00732. The highest BCUT2D eigenvalue weighted by atomic mass is 28.2. The van der Waals surface area contributed by atoms with Gasteiger partial charge in [0.1, 0.15) is 0 Å². The predicted molar refractivity (Wildman–Crippen MR) is 96.8 cm³/mol. The Balaban J connectivity index is 0.000000816. The smallest absolute Gasteiger partial charge is 0.424 e. The third kappa shape index (κ3) is 5.96. The Morgan fingerprint density at radius 2 is 1.43 bits per heavy atom. The Morgan fingerprint density at radius 3 is 1.87 bits per heavy atom. The molecular weight excluding hydrogens is 304 g/mol. The molecule has 1 radical (unpaired) electrons. The largest absolute Gasteiger partial charge is 0.632 e. The SMILES string of the molecule is CC(C)(C)C1=CC(c2ccc(C(C)(C)C)cc2)=[O+][Si-]O1.COC. The quantitative estimate of drug-likeness (QED) is 0.561. The number of hydrogen-bond donors (Lipinski definition) is 0. The first-order chi connectivity index (χ1) is 10.6. The molecule has 0 amide bonds. The van der Waals surface area contributed by atoms with Gasteiger partial charge in [-0.1, -0.05) is 53.7 Å². The van der Waals surface area contributed by atoms with Gasteiger partial charge in [0.25, 0.3) is 5.78 Å². The molecule has 1 aliphatic heterocycles. The molecule has 3 nitrogen and oxygen atoms in total. The van der Waals surface area contributed by atoms with Gasteiger partial charge < -0.3 is 13.3 Å². The van der Waals surface area contributed by atoms with Crippen LogP contribution in [0.15, 0.2) is 36.1 Å². The fourth-order valence-electron chi connectivity index (χ4n) is 1.93. The molecule has 0 atom stereocenters. The van der Waals surface area contributed by atoms with Crippen LogP contribution in [0.3, 0.4) is 0 Å². The zero-order valence-electron chi connectivity index (χ0n) is 15.6. The van der Waals surface area contributed by atoms with E-state index in [1.165, 1.54) is 5.56 Å². The lowest BCUT2D eigenvalue weighted by Crippen LogP contribution is -2.20. The van der Waals surface area contributed by atoms with Gasteiger partial charge in [0.15, 0.2) is 0 Å². The van der Waals surface area contributed by atoms with E-state index in [-0.39, 0.29) is 20.8 Å². The van der Waals surface area contributed by atoms with Crippen LogP contribution in [-0.4, -0.2) is 30.0 Å². The van der Waals surface area contributed by atoms with Crippen LogP contribution in [0, 0.1) is 5.41 Å². The average Bonchev–Trinajstić information content (AvgIpc) is 2.47. The third-order valence-corrected chi connectivity index (χ3v) is 3.95. The summed E-state index contributed by atoms with van der Waals surface area (Å²) in [6.07, 6.45) is 2.02. The lowest BCUT2D eigenvalue weighted by atomic mass is 9.86. The predicted octanol–water partition coefficient (Wildman–Crippen LogP) is 4.46. The van der Waals surface area contributed by atoms with Crippen LogP contribution < -0.4 is 0 Å². The second kappa shape index (κ2) is 7.93. The van der Waals surface area contributed by atoms with E-state index in [1.54, 1.807) is 14.2 Å². The van der Waals surface area contributed by atoms with Crippen molar-refractivity contribution in [1.82, 2.24) is 0 Å². The van der Waals surface area contributed by atoms with Crippen LogP contribution in [0.2, 0.25) is 0 Å². The van der Waals surface area contributed by atoms with Crippen LogP contribution in [-0.2, 0) is 14.6 Å². The molecule has 1 aliphatic rings. The van der Waals surface area contributed by atoms with Gasteiger partial charge in [-0.2, -0.15) is 0 Å². The van der Waals surface area contributed by atoms with E-state index in [1.807, 2.05) is 6.08 Å². The van der Waals surface area contributed by atoms with Gasteiger partial charge >= 0.3 is 10.0 Å². The molecule has 0 saturated heterocycles. The molecule has 0 unspecified atom stereocenters. The first-order valence-electron chi connectivity index (χ1n) is 7.78. The number of carbonyl (C=O) groups excluding carboxylic acids is 1. The van der Waals surface area contributed by atoms with Crippen molar-refractivity contribution in [1.29, 1.82) is 0 Å². The molecular formula is C19H29O3Si. The minimum Gasteiger partial charge on any atom is -0.632 e. The van der Waals surface area contributed by atoms with Crippen molar-refractivity contribution in [2.75, 3.05) is 14.2 Å². The second-order valence-electron chi connectivity index (χ2n) is 7.65. The van der Waals surface area contributed by atoms with Gasteiger partial charge in [0.2, 0.25) is 0 Å². The summed E-state index contributed by atoms with van der Waals surface area (Å²) >= 11 is 0. The molecule has 0 aromatic heterocycles. The molecule has 23 heavy (non-hydrogen) atoms. The Bertz CT molecular complexity index is 558. The molecule has 1 aromatic carbocycles. The van der Waals surface area contributed by atoms with E-state index in [0.717, 1.165) is 17.1 Å². The summed E-state index contributed by atoms with van der Waals surface area (Å²) in [7, 11) is 3.29. The molecule has 0 aliphatic carbocycles. The number of benzene rings is 1. The molecule has 0 saturated carbocycles. The van der Waals surface area contributed by atoms with Crippen molar-refractivity contribution in [3.63, 3.8) is 0 Å². The standard InChI is InChI=1S/C17H23O2Si.C2H6O/c1-16(2,3)13-9-7-12(8-10-13)14-11-15(17(4,5)6)19-20-18-14;1-3-2/h7-11H,1-6H3;1-2H3. The normalized spacial score (nSPS) is 14.6. The summed E-state index contributed by atoms with van der Waals surface area (Å²) in [4.78, 5) is 0. The first kappa shape index (κ1) is 19.7. The maximum Gasteiger partial charge on any atom is 0.424 e. The van der Waals surface area contributed by atoms with E-state index in [0.29, 0.717) is 0 Å². The Kier molecular flexibility index (Phi) is 6.78. The fraction of sp³-hybridized carbons (Fsp3) is 0.526. The number of hydrogen-bond acceptors (Lipinski definition) is 2. The van der Waals surface area contributed by atoms with Gasteiger partial charge in [0, 0.05) is 19.6 Å². The van der Waals surface area contributed by atoms with Crippen molar-refractivity contribution in [3.05, 3.63) is 47.2 Å². The van der Waals surface area contributed by atoms with Crippen LogP contribution in [0.25, 0.3) is 0 Å². The molecule has 0 N–H and O–H groups in total. The van der Waals surface area contributed by atoms with Gasteiger partial charge in [-0.15, -0.1) is 0 Å². The Morgan fingerprint density at radius 1 is 0.913 bits per heavy atom. The van der Waals surface area contributed by atoms with Crippen molar-refractivity contribution in [2.45, 2.75) is 47.0 Å². The Labute approximate surface area is 143 Å². The van der Waals surface area contributed by atoms with Crippen LogP contribution in [0.4, 0.5) is 0 Å². The highest BCUT2D eigenvalue weighted by molar-refractivity contribution is 6.22. The van der Waals surface area contributed by atoms with E-state index >= 15 is 0 Å². The van der Waals surface area contributed by atoms with Gasteiger partial charge in [-0.25, -0.2) is 0 Å².